The average Bonchev–Trinajstić information content (AvgIpc) is 3.05. The van der Waals surface area contributed by atoms with Gasteiger partial charge in [0, 0.05) is 12.7 Å². The largest absolute Gasteiger partial charge is 0.462 e. The van der Waals surface area contributed by atoms with Crippen molar-refractivity contribution < 1.29 is 14.3 Å². The molecule has 0 aliphatic carbocycles. The van der Waals surface area contributed by atoms with E-state index < -0.39 is 0 Å². The standard InChI is InChI=1S/C14H17N3O3S/c1-4-17-10(6-7-15-17)13(18)16-11-8-9(3)12(21-11)14(19)20-5-2/h6-8H,4-5H2,1-3H3,(H,16,18). The Labute approximate surface area is 126 Å². The first-order valence-corrected chi connectivity index (χ1v) is 7.49. The van der Waals surface area contributed by atoms with Crippen LogP contribution in [0.2, 0.25) is 0 Å². The molecule has 2 rings (SSSR count). The highest BCUT2D eigenvalue weighted by molar-refractivity contribution is 7.18. The SMILES string of the molecule is CCOC(=O)c1sc(NC(=O)c2ccnn2CC)cc1C. The summed E-state index contributed by atoms with van der Waals surface area (Å²) in [6, 6.07) is 3.42. The molecule has 1 N–H and O–H groups in total. The molecule has 2 aromatic heterocycles. The van der Waals surface area contributed by atoms with Crippen LogP contribution in [0.4, 0.5) is 5.00 Å². The van der Waals surface area contributed by atoms with Crippen LogP contribution in [0, 0.1) is 6.92 Å². The van der Waals surface area contributed by atoms with Gasteiger partial charge in [0.15, 0.2) is 0 Å². The van der Waals surface area contributed by atoms with E-state index in [1.807, 2.05) is 13.8 Å². The number of nitrogens with one attached hydrogen (secondary N) is 1. The molecule has 0 bridgehead atoms. The first-order valence-electron chi connectivity index (χ1n) is 6.67. The van der Waals surface area contributed by atoms with E-state index in [0.717, 1.165) is 5.56 Å². The van der Waals surface area contributed by atoms with Crippen LogP contribution in [-0.2, 0) is 11.3 Å². The Morgan fingerprint density at radius 2 is 2.19 bits per heavy atom. The molecule has 112 valence electrons. The van der Waals surface area contributed by atoms with E-state index in [1.165, 1.54) is 11.3 Å². The van der Waals surface area contributed by atoms with Gasteiger partial charge < -0.3 is 10.1 Å². The van der Waals surface area contributed by atoms with Crippen molar-refractivity contribution in [2.24, 2.45) is 0 Å². The molecule has 0 saturated carbocycles. The van der Waals surface area contributed by atoms with Crippen molar-refractivity contribution in [2.45, 2.75) is 27.3 Å². The van der Waals surface area contributed by atoms with Gasteiger partial charge in [-0.25, -0.2) is 4.79 Å². The van der Waals surface area contributed by atoms with Crippen LogP contribution < -0.4 is 5.32 Å². The Hall–Kier alpha value is -2.15. The number of rotatable bonds is 5. The van der Waals surface area contributed by atoms with Gasteiger partial charge in [-0.3, -0.25) is 9.48 Å². The van der Waals surface area contributed by atoms with Gasteiger partial charge in [-0.2, -0.15) is 5.10 Å². The molecular weight excluding hydrogens is 290 g/mol. The molecule has 0 unspecified atom stereocenters. The van der Waals surface area contributed by atoms with Crippen LogP contribution >= 0.6 is 11.3 Å². The van der Waals surface area contributed by atoms with Gasteiger partial charge in [0.05, 0.1) is 11.6 Å². The lowest BCUT2D eigenvalue weighted by Crippen LogP contribution is -2.16. The van der Waals surface area contributed by atoms with Crippen molar-refractivity contribution in [3.63, 3.8) is 0 Å². The summed E-state index contributed by atoms with van der Waals surface area (Å²) in [6.07, 6.45) is 1.59. The van der Waals surface area contributed by atoms with Gasteiger partial charge in [0.1, 0.15) is 10.6 Å². The Morgan fingerprint density at radius 3 is 2.86 bits per heavy atom. The predicted octanol–water partition coefficient (Wildman–Crippen LogP) is 2.70. The zero-order chi connectivity index (χ0) is 15.4. The first kappa shape index (κ1) is 15.2. The molecule has 2 heterocycles. The molecule has 21 heavy (non-hydrogen) atoms. The highest BCUT2D eigenvalue weighted by Crippen LogP contribution is 2.27. The number of hydrogen-bond acceptors (Lipinski definition) is 5. The topological polar surface area (TPSA) is 73.2 Å². The number of ether oxygens (including phenoxy) is 1. The lowest BCUT2D eigenvalue weighted by molar-refractivity contribution is 0.0531. The molecule has 0 saturated heterocycles. The number of thiophene rings is 1. The van der Waals surface area contributed by atoms with Crippen molar-refractivity contribution in [3.05, 3.63) is 34.5 Å². The number of carbonyl (C=O) groups excluding carboxylic acids is 2. The molecule has 6 nitrogen and oxygen atoms in total. The molecule has 0 spiro atoms. The Balaban J connectivity index is 2.15. The molecular formula is C14H17N3O3S. The maximum Gasteiger partial charge on any atom is 0.348 e. The van der Waals surface area contributed by atoms with E-state index in [-0.39, 0.29) is 11.9 Å². The number of carbonyl (C=O) groups is 2. The Morgan fingerprint density at radius 1 is 1.43 bits per heavy atom. The number of esters is 1. The summed E-state index contributed by atoms with van der Waals surface area (Å²) in [5, 5.41) is 7.46. The molecule has 0 aromatic carbocycles. The zero-order valence-corrected chi connectivity index (χ0v) is 13.0. The summed E-state index contributed by atoms with van der Waals surface area (Å²) in [5.74, 6) is -0.606. The number of nitrogens with zero attached hydrogens (tertiary/aromatic N) is 2. The highest BCUT2D eigenvalue weighted by atomic mass is 32.1. The highest BCUT2D eigenvalue weighted by Gasteiger charge is 2.17. The van der Waals surface area contributed by atoms with Crippen molar-refractivity contribution in [3.8, 4) is 0 Å². The number of aromatic nitrogens is 2. The number of anilines is 1. The molecule has 0 aliphatic heterocycles. The average molecular weight is 307 g/mol. The second-order valence-corrected chi connectivity index (χ2v) is 5.38. The van der Waals surface area contributed by atoms with Crippen LogP contribution in [-0.4, -0.2) is 28.3 Å². The minimum Gasteiger partial charge on any atom is -0.462 e. The third kappa shape index (κ3) is 3.30. The van der Waals surface area contributed by atoms with E-state index in [9.17, 15) is 9.59 Å². The van der Waals surface area contributed by atoms with Crippen molar-refractivity contribution >= 4 is 28.2 Å². The Kier molecular flexibility index (Phi) is 4.74. The Bertz CT molecular complexity index is 660. The second kappa shape index (κ2) is 6.53. The molecule has 0 fully saturated rings. The van der Waals surface area contributed by atoms with Crippen LogP contribution in [0.5, 0.6) is 0 Å². The molecule has 1 amide bonds. The first-order chi connectivity index (χ1) is 10.1. The normalized spacial score (nSPS) is 10.4. The van der Waals surface area contributed by atoms with E-state index in [0.29, 0.717) is 28.7 Å². The molecule has 0 aliphatic rings. The maximum atomic E-state index is 12.2. The lowest BCUT2D eigenvalue weighted by Gasteiger charge is -2.04. The minimum atomic E-state index is -0.362. The summed E-state index contributed by atoms with van der Waals surface area (Å²) in [6.45, 7) is 6.43. The van der Waals surface area contributed by atoms with E-state index in [4.69, 9.17) is 4.74 Å². The molecule has 0 atom stereocenters. The fourth-order valence-electron chi connectivity index (χ4n) is 1.90. The molecule has 7 heteroatoms. The number of amides is 1. The molecule has 2 aromatic rings. The van der Waals surface area contributed by atoms with Gasteiger partial charge in [-0.15, -0.1) is 11.3 Å². The fraction of sp³-hybridized carbons (Fsp3) is 0.357. The second-order valence-electron chi connectivity index (χ2n) is 4.33. The predicted molar refractivity (Wildman–Crippen MR) is 80.9 cm³/mol. The number of hydrogen-bond donors (Lipinski definition) is 1. The van der Waals surface area contributed by atoms with E-state index >= 15 is 0 Å². The smallest absolute Gasteiger partial charge is 0.348 e. The fourth-order valence-corrected chi connectivity index (χ4v) is 2.86. The van der Waals surface area contributed by atoms with Crippen LogP contribution in [0.3, 0.4) is 0 Å². The summed E-state index contributed by atoms with van der Waals surface area (Å²) in [5.41, 5.74) is 1.28. The van der Waals surface area contributed by atoms with Crippen molar-refractivity contribution in [1.82, 2.24) is 9.78 Å². The summed E-state index contributed by atoms with van der Waals surface area (Å²) >= 11 is 1.21. The van der Waals surface area contributed by atoms with Gasteiger partial charge in [-0.05, 0) is 38.5 Å². The van der Waals surface area contributed by atoms with Crippen LogP contribution in [0.15, 0.2) is 18.3 Å². The van der Waals surface area contributed by atoms with Crippen LogP contribution in [0.1, 0.15) is 39.6 Å². The van der Waals surface area contributed by atoms with Gasteiger partial charge >= 0.3 is 5.97 Å². The zero-order valence-electron chi connectivity index (χ0n) is 12.2. The number of aryl methyl sites for hydroxylation is 2. The summed E-state index contributed by atoms with van der Waals surface area (Å²) in [7, 11) is 0. The quantitative estimate of drug-likeness (QED) is 0.862. The lowest BCUT2D eigenvalue weighted by atomic mass is 10.3. The summed E-state index contributed by atoms with van der Waals surface area (Å²) in [4.78, 5) is 24.5. The van der Waals surface area contributed by atoms with E-state index in [1.54, 1.807) is 29.9 Å². The van der Waals surface area contributed by atoms with Crippen molar-refractivity contribution in [1.29, 1.82) is 0 Å². The van der Waals surface area contributed by atoms with Gasteiger partial charge in [0.2, 0.25) is 0 Å². The van der Waals surface area contributed by atoms with E-state index in [2.05, 4.69) is 10.4 Å². The monoisotopic (exact) mass is 307 g/mol. The minimum absolute atomic E-state index is 0.244. The summed E-state index contributed by atoms with van der Waals surface area (Å²) < 4.78 is 6.59. The third-order valence-electron chi connectivity index (χ3n) is 2.86. The maximum absolute atomic E-state index is 12.2. The van der Waals surface area contributed by atoms with Crippen LogP contribution in [0.25, 0.3) is 0 Å². The third-order valence-corrected chi connectivity index (χ3v) is 4.00. The van der Waals surface area contributed by atoms with Gasteiger partial charge in [0.25, 0.3) is 5.91 Å². The molecule has 0 radical (unpaired) electrons. The van der Waals surface area contributed by atoms with Gasteiger partial charge in [-0.1, -0.05) is 0 Å². The van der Waals surface area contributed by atoms with Crippen molar-refractivity contribution in [2.75, 3.05) is 11.9 Å².